The average molecular weight is 361 g/mol. The van der Waals surface area contributed by atoms with Crippen molar-refractivity contribution < 1.29 is 14.7 Å². The highest BCUT2D eigenvalue weighted by Crippen LogP contribution is 2.25. The minimum atomic E-state index is -0.772. The van der Waals surface area contributed by atoms with E-state index in [1.807, 2.05) is 48.7 Å². The van der Waals surface area contributed by atoms with E-state index in [0.29, 0.717) is 36.5 Å². The minimum Gasteiger partial charge on any atom is -0.481 e. The van der Waals surface area contributed by atoms with E-state index in [2.05, 4.69) is 0 Å². The first-order valence-corrected chi connectivity index (χ1v) is 8.73. The number of halogens is 1. The Bertz CT molecular complexity index is 820. The molecule has 1 aromatic heterocycles. The molecule has 1 fully saturated rings. The first-order chi connectivity index (χ1) is 11.9. The Morgan fingerprint density at radius 2 is 1.84 bits per heavy atom. The summed E-state index contributed by atoms with van der Waals surface area (Å²) < 4.78 is 2.02. The lowest BCUT2D eigenvalue weighted by atomic mass is 9.96. The Morgan fingerprint density at radius 1 is 1.16 bits per heavy atom. The van der Waals surface area contributed by atoms with Gasteiger partial charge in [0.2, 0.25) is 0 Å². The molecule has 0 bridgehead atoms. The number of piperidine rings is 1. The maximum atomic E-state index is 12.9. The van der Waals surface area contributed by atoms with Crippen LogP contribution >= 0.6 is 11.6 Å². The second-order valence-corrected chi connectivity index (χ2v) is 6.94. The van der Waals surface area contributed by atoms with E-state index in [1.165, 1.54) is 0 Å². The number of aromatic nitrogens is 1. The summed E-state index contributed by atoms with van der Waals surface area (Å²) >= 11 is 6.09. The Hall–Kier alpha value is -2.27. The largest absolute Gasteiger partial charge is 0.481 e. The predicted molar refractivity (Wildman–Crippen MR) is 96.5 cm³/mol. The molecule has 1 aliphatic rings. The molecule has 0 aliphatic carbocycles. The maximum Gasteiger partial charge on any atom is 0.306 e. The molecule has 25 heavy (non-hydrogen) atoms. The van der Waals surface area contributed by atoms with Crippen molar-refractivity contribution in [1.29, 1.82) is 0 Å². The van der Waals surface area contributed by atoms with Gasteiger partial charge in [0, 0.05) is 35.2 Å². The molecule has 0 saturated carbocycles. The van der Waals surface area contributed by atoms with Crippen molar-refractivity contribution in [3.05, 3.63) is 52.3 Å². The molecule has 1 N–H and O–H groups in total. The molecule has 1 saturated heterocycles. The molecule has 1 aromatic carbocycles. The van der Waals surface area contributed by atoms with Crippen LogP contribution < -0.4 is 0 Å². The number of carboxylic acids is 1. The van der Waals surface area contributed by atoms with Crippen molar-refractivity contribution in [3.63, 3.8) is 0 Å². The van der Waals surface area contributed by atoms with Crippen molar-refractivity contribution in [1.82, 2.24) is 9.47 Å². The number of hydrogen-bond donors (Lipinski definition) is 1. The van der Waals surface area contributed by atoms with E-state index in [-0.39, 0.29) is 11.8 Å². The molecule has 1 amide bonds. The number of hydrogen-bond acceptors (Lipinski definition) is 2. The number of carbonyl (C=O) groups excluding carboxylic acids is 1. The average Bonchev–Trinajstić information content (AvgIpc) is 2.88. The zero-order valence-electron chi connectivity index (χ0n) is 14.3. The van der Waals surface area contributed by atoms with Crippen molar-refractivity contribution in [3.8, 4) is 5.69 Å². The molecular formula is C19H21ClN2O3. The Labute approximate surface area is 151 Å². The van der Waals surface area contributed by atoms with Crippen LogP contribution in [0.4, 0.5) is 0 Å². The third kappa shape index (κ3) is 3.42. The Morgan fingerprint density at radius 3 is 2.44 bits per heavy atom. The number of aryl methyl sites for hydroxylation is 1. The molecule has 5 nitrogen and oxygen atoms in total. The second kappa shape index (κ2) is 6.92. The zero-order chi connectivity index (χ0) is 18.1. The highest BCUT2D eigenvalue weighted by atomic mass is 35.5. The van der Waals surface area contributed by atoms with Crippen LogP contribution in [0, 0.1) is 19.8 Å². The van der Waals surface area contributed by atoms with E-state index in [9.17, 15) is 9.59 Å². The van der Waals surface area contributed by atoms with Crippen LogP contribution in [0.1, 0.15) is 34.6 Å². The van der Waals surface area contributed by atoms with Gasteiger partial charge in [0.05, 0.1) is 11.5 Å². The summed E-state index contributed by atoms with van der Waals surface area (Å²) in [6.45, 7) is 4.85. The standard InChI is InChI=1S/C19H21ClN2O3/c1-12-10-17(13(2)22(12)16-5-3-4-15(20)11-16)18(23)21-8-6-14(7-9-21)19(24)25/h3-5,10-11,14H,6-9H2,1-2H3,(H,24,25). The fourth-order valence-electron chi connectivity index (χ4n) is 3.49. The number of carbonyl (C=O) groups is 2. The highest BCUT2D eigenvalue weighted by molar-refractivity contribution is 6.30. The fraction of sp³-hybridized carbons (Fsp3) is 0.368. The van der Waals surface area contributed by atoms with E-state index in [0.717, 1.165) is 17.1 Å². The van der Waals surface area contributed by atoms with Crippen molar-refractivity contribution >= 4 is 23.5 Å². The normalized spacial score (nSPS) is 15.4. The molecule has 3 rings (SSSR count). The van der Waals surface area contributed by atoms with Crippen molar-refractivity contribution in [2.75, 3.05) is 13.1 Å². The van der Waals surface area contributed by atoms with Gasteiger partial charge < -0.3 is 14.6 Å². The molecule has 0 unspecified atom stereocenters. The lowest BCUT2D eigenvalue weighted by Crippen LogP contribution is -2.40. The number of benzene rings is 1. The monoisotopic (exact) mass is 360 g/mol. The van der Waals surface area contributed by atoms with E-state index < -0.39 is 5.97 Å². The molecule has 6 heteroatoms. The summed E-state index contributed by atoms with van der Waals surface area (Å²) in [6.07, 6.45) is 1.02. The molecule has 2 aromatic rings. The molecular weight excluding hydrogens is 340 g/mol. The Kier molecular flexibility index (Phi) is 4.86. The van der Waals surface area contributed by atoms with Gasteiger partial charge in [0.15, 0.2) is 0 Å². The van der Waals surface area contributed by atoms with Crippen molar-refractivity contribution in [2.45, 2.75) is 26.7 Å². The molecule has 0 radical (unpaired) electrons. The smallest absolute Gasteiger partial charge is 0.306 e. The van der Waals surface area contributed by atoms with E-state index in [1.54, 1.807) is 4.90 Å². The predicted octanol–water partition coefficient (Wildman–Crippen LogP) is 3.68. The van der Waals surface area contributed by atoms with Crippen LogP contribution in [-0.4, -0.2) is 39.5 Å². The van der Waals surface area contributed by atoms with Crippen LogP contribution in [0.5, 0.6) is 0 Å². The van der Waals surface area contributed by atoms with E-state index in [4.69, 9.17) is 16.7 Å². The van der Waals surface area contributed by atoms with Crippen LogP contribution in [0.25, 0.3) is 5.69 Å². The molecule has 132 valence electrons. The number of amides is 1. The van der Waals surface area contributed by atoms with Gasteiger partial charge in [0.25, 0.3) is 5.91 Å². The number of carboxylic acid groups (broad SMARTS) is 1. The van der Waals surface area contributed by atoms with Crippen LogP contribution in [-0.2, 0) is 4.79 Å². The lowest BCUT2D eigenvalue weighted by Gasteiger charge is -2.30. The third-order valence-corrected chi connectivity index (χ3v) is 5.09. The number of nitrogens with zero attached hydrogens (tertiary/aromatic N) is 2. The van der Waals surface area contributed by atoms with Crippen LogP contribution in [0.3, 0.4) is 0 Å². The summed E-state index contributed by atoms with van der Waals surface area (Å²) in [4.78, 5) is 25.7. The van der Waals surface area contributed by atoms with Crippen LogP contribution in [0.2, 0.25) is 5.02 Å². The van der Waals surface area contributed by atoms with Gasteiger partial charge >= 0.3 is 5.97 Å². The topological polar surface area (TPSA) is 62.5 Å². The van der Waals surface area contributed by atoms with Gasteiger partial charge in [-0.3, -0.25) is 9.59 Å². The number of likely N-dealkylation sites (tertiary alicyclic amines) is 1. The SMILES string of the molecule is Cc1cc(C(=O)N2CCC(C(=O)O)CC2)c(C)n1-c1cccc(Cl)c1. The fourth-order valence-corrected chi connectivity index (χ4v) is 3.68. The summed E-state index contributed by atoms with van der Waals surface area (Å²) in [6, 6.07) is 9.42. The second-order valence-electron chi connectivity index (χ2n) is 6.50. The molecule has 0 atom stereocenters. The quantitative estimate of drug-likeness (QED) is 0.908. The maximum absolute atomic E-state index is 12.9. The van der Waals surface area contributed by atoms with Crippen LogP contribution in [0.15, 0.2) is 30.3 Å². The molecule has 2 heterocycles. The van der Waals surface area contributed by atoms with Gasteiger partial charge in [-0.1, -0.05) is 17.7 Å². The van der Waals surface area contributed by atoms with Gasteiger partial charge in [-0.2, -0.15) is 0 Å². The van der Waals surface area contributed by atoms with Gasteiger partial charge in [-0.15, -0.1) is 0 Å². The van der Waals surface area contributed by atoms with Crippen molar-refractivity contribution in [2.24, 2.45) is 5.92 Å². The van der Waals surface area contributed by atoms with Gasteiger partial charge in [-0.05, 0) is 51.0 Å². The minimum absolute atomic E-state index is 0.0368. The summed E-state index contributed by atoms with van der Waals surface area (Å²) in [5.74, 6) is -1.15. The lowest BCUT2D eigenvalue weighted by molar-refractivity contribution is -0.143. The Balaban J connectivity index is 1.85. The molecule has 1 aliphatic heterocycles. The zero-order valence-corrected chi connectivity index (χ0v) is 15.1. The van der Waals surface area contributed by atoms with Gasteiger partial charge in [-0.25, -0.2) is 0 Å². The highest BCUT2D eigenvalue weighted by Gasteiger charge is 2.29. The summed E-state index contributed by atoms with van der Waals surface area (Å²) in [7, 11) is 0. The number of aliphatic carboxylic acids is 1. The summed E-state index contributed by atoms with van der Waals surface area (Å²) in [5, 5.41) is 9.74. The van der Waals surface area contributed by atoms with Gasteiger partial charge in [0.1, 0.15) is 0 Å². The summed E-state index contributed by atoms with van der Waals surface area (Å²) in [5.41, 5.74) is 3.41. The van der Waals surface area contributed by atoms with E-state index >= 15 is 0 Å². The number of rotatable bonds is 3. The first kappa shape index (κ1) is 17.5. The first-order valence-electron chi connectivity index (χ1n) is 8.35. The third-order valence-electron chi connectivity index (χ3n) is 4.86. The molecule has 0 spiro atoms.